The fraction of sp³-hybridized carbons (Fsp3) is 0.100. The van der Waals surface area contributed by atoms with Crippen LogP contribution in [0, 0.1) is 0 Å². The van der Waals surface area contributed by atoms with Crippen molar-refractivity contribution < 1.29 is 4.74 Å². The van der Waals surface area contributed by atoms with Gasteiger partial charge in [-0.25, -0.2) is 0 Å². The van der Waals surface area contributed by atoms with E-state index in [1.54, 1.807) is 19.4 Å². The fourth-order valence-electron chi connectivity index (χ4n) is 1.40. The maximum absolute atomic E-state index is 6.12. The van der Waals surface area contributed by atoms with Crippen LogP contribution in [-0.2, 0) is 0 Å². The van der Waals surface area contributed by atoms with Crippen LogP contribution in [0.1, 0.15) is 0 Å². The van der Waals surface area contributed by atoms with Gasteiger partial charge in [0.15, 0.2) is 0 Å². The summed E-state index contributed by atoms with van der Waals surface area (Å²) in [5.41, 5.74) is 0.794. The van der Waals surface area contributed by atoms with Gasteiger partial charge in [-0.15, -0.1) is 0 Å². The molecule has 0 aliphatic heterocycles. The van der Waals surface area contributed by atoms with E-state index in [0.29, 0.717) is 10.8 Å². The van der Waals surface area contributed by atoms with Crippen molar-refractivity contribution in [1.29, 1.82) is 0 Å². The summed E-state index contributed by atoms with van der Waals surface area (Å²) < 4.78 is 7.03. The summed E-state index contributed by atoms with van der Waals surface area (Å²) in [6.45, 7) is 0. The fourth-order valence-corrected chi connectivity index (χ4v) is 3.06. The molecular formula is C10H6Br2ClNO. The summed E-state index contributed by atoms with van der Waals surface area (Å²) in [4.78, 5) is 4.26. The van der Waals surface area contributed by atoms with Gasteiger partial charge in [0.1, 0.15) is 5.75 Å². The van der Waals surface area contributed by atoms with Gasteiger partial charge in [0.05, 0.1) is 27.5 Å². The summed E-state index contributed by atoms with van der Waals surface area (Å²) in [5.74, 6) is 0.700. The zero-order valence-electron chi connectivity index (χ0n) is 7.72. The molecule has 0 aliphatic rings. The predicted molar refractivity (Wildman–Crippen MR) is 68.7 cm³/mol. The molecule has 0 saturated carbocycles. The zero-order valence-corrected chi connectivity index (χ0v) is 11.6. The van der Waals surface area contributed by atoms with E-state index in [4.69, 9.17) is 16.3 Å². The Kier molecular flexibility index (Phi) is 3.19. The SMILES string of the molecule is COc1c(Br)cc(Br)c2nccc(Cl)c12. The Hall–Kier alpha value is -0.320. The van der Waals surface area contributed by atoms with E-state index in [0.717, 1.165) is 19.8 Å². The third kappa shape index (κ3) is 1.86. The molecule has 5 heteroatoms. The summed E-state index contributed by atoms with van der Waals surface area (Å²) in [6.07, 6.45) is 1.67. The molecule has 2 aromatic rings. The summed E-state index contributed by atoms with van der Waals surface area (Å²) in [7, 11) is 1.61. The molecule has 0 bridgehead atoms. The van der Waals surface area contributed by atoms with Crippen LogP contribution in [0.2, 0.25) is 5.02 Å². The van der Waals surface area contributed by atoms with E-state index in [2.05, 4.69) is 36.8 Å². The van der Waals surface area contributed by atoms with Crippen LogP contribution < -0.4 is 4.74 Å². The van der Waals surface area contributed by atoms with E-state index in [1.165, 1.54) is 0 Å². The lowest BCUT2D eigenvalue weighted by atomic mass is 10.2. The van der Waals surface area contributed by atoms with Gasteiger partial charge in [0, 0.05) is 10.7 Å². The second-order valence-corrected chi connectivity index (χ2v) is 5.01. The van der Waals surface area contributed by atoms with Crippen LogP contribution >= 0.6 is 43.5 Å². The van der Waals surface area contributed by atoms with Gasteiger partial charge < -0.3 is 4.74 Å². The van der Waals surface area contributed by atoms with E-state index < -0.39 is 0 Å². The predicted octanol–water partition coefficient (Wildman–Crippen LogP) is 4.42. The number of halogens is 3. The van der Waals surface area contributed by atoms with Crippen LogP contribution in [0.5, 0.6) is 5.75 Å². The van der Waals surface area contributed by atoms with Crippen molar-refractivity contribution in [2.24, 2.45) is 0 Å². The standard InChI is InChI=1S/C10H6Br2ClNO/c1-15-10-6(12)4-5(11)9-8(10)7(13)2-3-14-9/h2-4H,1H3. The van der Waals surface area contributed by atoms with Crippen molar-refractivity contribution in [3.05, 3.63) is 32.3 Å². The maximum atomic E-state index is 6.12. The highest BCUT2D eigenvalue weighted by Crippen LogP contribution is 2.40. The molecule has 0 radical (unpaired) electrons. The molecule has 2 rings (SSSR count). The Balaban J connectivity index is 2.98. The number of hydrogen-bond acceptors (Lipinski definition) is 2. The molecule has 0 unspecified atom stereocenters. The van der Waals surface area contributed by atoms with Gasteiger partial charge in [-0.2, -0.15) is 0 Å². The smallest absolute Gasteiger partial charge is 0.144 e. The van der Waals surface area contributed by atoms with Crippen LogP contribution in [-0.4, -0.2) is 12.1 Å². The van der Waals surface area contributed by atoms with Gasteiger partial charge in [-0.1, -0.05) is 11.6 Å². The molecule has 0 N–H and O–H groups in total. The molecule has 0 fully saturated rings. The van der Waals surface area contributed by atoms with Crippen LogP contribution in [0.15, 0.2) is 27.3 Å². The Bertz CT molecular complexity index is 530. The molecule has 1 heterocycles. The minimum atomic E-state index is 0.624. The largest absolute Gasteiger partial charge is 0.495 e. The Labute approximate surface area is 109 Å². The highest BCUT2D eigenvalue weighted by atomic mass is 79.9. The zero-order chi connectivity index (χ0) is 11.0. The van der Waals surface area contributed by atoms with Gasteiger partial charge in [0.25, 0.3) is 0 Å². The van der Waals surface area contributed by atoms with Gasteiger partial charge in [-0.05, 0) is 44.0 Å². The molecular weight excluding hydrogens is 345 g/mol. The van der Waals surface area contributed by atoms with Crippen molar-refractivity contribution in [2.75, 3.05) is 7.11 Å². The summed E-state index contributed by atoms with van der Waals surface area (Å²) in [5, 5.41) is 1.43. The molecule has 0 atom stereocenters. The number of rotatable bonds is 1. The first kappa shape index (κ1) is 11.2. The number of ether oxygens (including phenoxy) is 1. The number of pyridine rings is 1. The number of hydrogen-bond donors (Lipinski definition) is 0. The number of benzene rings is 1. The quantitative estimate of drug-likeness (QED) is 0.759. The van der Waals surface area contributed by atoms with E-state index >= 15 is 0 Å². The molecule has 0 spiro atoms. The first-order valence-corrected chi connectivity index (χ1v) is 6.07. The second kappa shape index (κ2) is 4.28. The third-order valence-corrected chi connectivity index (χ3v) is 3.54. The Morgan fingerprint density at radius 2 is 2.07 bits per heavy atom. The highest BCUT2D eigenvalue weighted by Gasteiger charge is 2.13. The lowest BCUT2D eigenvalue weighted by Crippen LogP contribution is -1.90. The normalized spacial score (nSPS) is 10.7. The molecule has 0 amide bonds. The molecule has 0 saturated heterocycles. The molecule has 78 valence electrons. The minimum Gasteiger partial charge on any atom is -0.495 e. The molecule has 1 aromatic carbocycles. The average molecular weight is 351 g/mol. The van der Waals surface area contributed by atoms with Crippen LogP contribution in [0.3, 0.4) is 0 Å². The maximum Gasteiger partial charge on any atom is 0.144 e. The van der Waals surface area contributed by atoms with Gasteiger partial charge in [-0.3, -0.25) is 4.98 Å². The Morgan fingerprint density at radius 1 is 1.33 bits per heavy atom. The lowest BCUT2D eigenvalue weighted by molar-refractivity contribution is 0.417. The van der Waals surface area contributed by atoms with Crippen molar-refractivity contribution in [1.82, 2.24) is 4.98 Å². The minimum absolute atomic E-state index is 0.624. The van der Waals surface area contributed by atoms with Crippen LogP contribution in [0.4, 0.5) is 0 Å². The van der Waals surface area contributed by atoms with E-state index in [1.807, 2.05) is 6.07 Å². The topological polar surface area (TPSA) is 22.1 Å². The second-order valence-electron chi connectivity index (χ2n) is 2.89. The highest BCUT2D eigenvalue weighted by molar-refractivity contribution is 9.11. The summed E-state index contributed by atoms with van der Waals surface area (Å²) >= 11 is 13.0. The van der Waals surface area contributed by atoms with Gasteiger partial charge in [0.2, 0.25) is 0 Å². The van der Waals surface area contributed by atoms with E-state index in [-0.39, 0.29) is 0 Å². The first-order chi connectivity index (χ1) is 7.15. The number of fused-ring (bicyclic) bond motifs is 1. The molecule has 15 heavy (non-hydrogen) atoms. The van der Waals surface area contributed by atoms with Crippen molar-refractivity contribution in [3.8, 4) is 5.75 Å². The lowest BCUT2D eigenvalue weighted by Gasteiger charge is -2.10. The monoisotopic (exact) mass is 349 g/mol. The molecule has 0 aliphatic carbocycles. The van der Waals surface area contributed by atoms with Crippen molar-refractivity contribution >= 4 is 54.4 Å². The van der Waals surface area contributed by atoms with Crippen molar-refractivity contribution in [3.63, 3.8) is 0 Å². The van der Waals surface area contributed by atoms with E-state index in [9.17, 15) is 0 Å². The van der Waals surface area contributed by atoms with Gasteiger partial charge >= 0.3 is 0 Å². The third-order valence-electron chi connectivity index (χ3n) is 2.03. The Morgan fingerprint density at radius 3 is 2.73 bits per heavy atom. The first-order valence-electron chi connectivity index (χ1n) is 4.11. The molecule has 1 aromatic heterocycles. The average Bonchev–Trinajstić information content (AvgIpc) is 2.20. The van der Waals surface area contributed by atoms with Crippen molar-refractivity contribution in [2.45, 2.75) is 0 Å². The number of methoxy groups -OCH3 is 1. The molecule has 2 nitrogen and oxygen atoms in total. The van der Waals surface area contributed by atoms with Crippen LogP contribution in [0.25, 0.3) is 10.9 Å². The summed E-state index contributed by atoms with van der Waals surface area (Å²) in [6, 6.07) is 3.63. The number of nitrogens with zero attached hydrogens (tertiary/aromatic N) is 1. The number of aromatic nitrogens is 1.